The van der Waals surface area contributed by atoms with E-state index in [4.69, 9.17) is 34.8 Å². The van der Waals surface area contributed by atoms with Crippen molar-refractivity contribution in [1.29, 1.82) is 0 Å². The second kappa shape index (κ2) is 12.4. The minimum atomic E-state index is -4.72. The van der Waals surface area contributed by atoms with Gasteiger partial charge in [-0.05, 0) is 53.5 Å². The third-order valence-corrected chi connectivity index (χ3v) is 7.52. The zero-order valence-electron chi connectivity index (χ0n) is 18.8. The molecule has 2 aromatic carbocycles. The summed E-state index contributed by atoms with van der Waals surface area (Å²) >= 11 is 18.2. The zero-order chi connectivity index (χ0) is 27.4. The number of Topliss-reactive ketones (excluding diaryl/α,β-unsaturated/α-hetero) is 1. The van der Waals surface area contributed by atoms with Crippen LogP contribution < -0.4 is 0 Å². The number of carbonyl (C=O) groups excluding carboxylic acids is 1. The molecule has 0 heterocycles. The number of alkyl halides is 6. The molecule has 198 valence electrons. The Bertz CT molecular complexity index is 1080. The Balaban J connectivity index is 2.23. The van der Waals surface area contributed by atoms with Crippen molar-refractivity contribution >= 4 is 58.4 Å². The van der Waals surface area contributed by atoms with E-state index in [9.17, 15) is 35.5 Å². The summed E-state index contributed by atoms with van der Waals surface area (Å²) in [5.74, 6) is -5.08. The molecule has 1 nitrogen and oxygen atoms in total. The Kier molecular flexibility index (Phi) is 10.6. The number of ketones is 1. The summed E-state index contributed by atoms with van der Waals surface area (Å²) in [5, 5.41) is -0.395. The number of hydrogen-bond donors (Lipinski definition) is 0. The number of benzene rings is 2. The Morgan fingerprint density at radius 1 is 1.03 bits per heavy atom. The van der Waals surface area contributed by atoms with E-state index in [0.29, 0.717) is 11.8 Å². The van der Waals surface area contributed by atoms with Crippen LogP contribution in [0.2, 0.25) is 15.1 Å². The molecule has 0 radical (unpaired) electrons. The average Bonchev–Trinajstić information content (AvgIpc) is 2.69. The average molecular weight is 596 g/mol. The summed E-state index contributed by atoms with van der Waals surface area (Å²) in [5.41, 5.74) is -0.241. The smallest absolute Gasteiger partial charge is 0.294 e. The third kappa shape index (κ3) is 8.85. The summed E-state index contributed by atoms with van der Waals surface area (Å²) in [4.78, 5) is 12.6. The van der Waals surface area contributed by atoms with Gasteiger partial charge in [0.25, 0.3) is 0 Å². The van der Waals surface area contributed by atoms with E-state index in [-0.39, 0.29) is 49.5 Å². The van der Waals surface area contributed by atoms with E-state index in [1.165, 1.54) is 13.0 Å². The first kappa shape index (κ1) is 30.8. The highest BCUT2D eigenvalue weighted by atomic mass is 35.5. The zero-order valence-corrected chi connectivity index (χ0v) is 21.9. The fourth-order valence-corrected chi connectivity index (χ4v) is 4.93. The molecule has 0 N–H and O–H groups in total. The van der Waals surface area contributed by atoms with Crippen LogP contribution in [0.1, 0.15) is 46.3 Å². The van der Waals surface area contributed by atoms with E-state index in [0.717, 1.165) is 30.4 Å². The lowest BCUT2D eigenvalue weighted by Crippen LogP contribution is -2.19. The standard InChI is InChI=1S/C24H20Cl3F7OS/c1-12(10-36-11-23(29,30)31)5-20(35)21-13(2)6-14(7-19(21)28)3-4-16(24(32,33)34)15-8-17(25)22(27)18(26)9-15/h3-4,6-9,12,16H,5,10-11H2,1-2H3/b4-3+/t12-,16?/m0/s1. The molecule has 0 spiro atoms. The SMILES string of the molecule is Cc1cc(/C=C/C(c2cc(Cl)c(Cl)c(Cl)c2)C(F)(F)F)cc(F)c1C(=O)C[C@H](C)CSCC(F)(F)F. The van der Waals surface area contributed by atoms with Crippen LogP contribution >= 0.6 is 46.6 Å². The minimum absolute atomic E-state index is 0.0598. The van der Waals surface area contributed by atoms with Crippen molar-refractivity contribution in [2.45, 2.75) is 38.5 Å². The van der Waals surface area contributed by atoms with Gasteiger partial charge in [0, 0.05) is 6.42 Å². The lowest BCUT2D eigenvalue weighted by atomic mass is 9.94. The maximum absolute atomic E-state index is 14.8. The summed E-state index contributed by atoms with van der Waals surface area (Å²) in [6, 6.07) is 4.36. The van der Waals surface area contributed by atoms with Gasteiger partial charge < -0.3 is 0 Å². The second-order valence-corrected chi connectivity index (χ2v) is 10.5. The van der Waals surface area contributed by atoms with Crippen molar-refractivity contribution in [3.8, 4) is 0 Å². The fraction of sp³-hybridized carbons (Fsp3) is 0.375. The monoisotopic (exact) mass is 594 g/mol. The molecule has 2 atom stereocenters. The highest BCUT2D eigenvalue weighted by molar-refractivity contribution is 7.99. The molecule has 12 heteroatoms. The van der Waals surface area contributed by atoms with Crippen LogP contribution in [0.4, 0.5) is 30.7 Å². The van der Waals surface area contributed by atoms with Gasteiger partial charge in [0.15, 0.2) is 5.78 Å². The number of halogens is 10. The van der Waals surface area contributed by atoms with Gasteiger partial charge in [-0.2, -0.15) is 38.1 Å². The van der Waals surface area contributed by atoms with Crippen molar-refractivity contribution in [3.05, 3.63) is 73.5 Å². The highest BCUT2D eigenvalue weighted by Crippen LogP contribution is 2.41. The molecule has 0 saturated carbocycles. The predicted molar refractivity (Wildman–Crippen MR) is 132 cm³/mol. The van der Waals surface area contributed by atoms with Crippen LogP contribution in [-0.4, -0.2) is 29.6 Å². The molecular formula is C24H20Cl3F7OS. The normalized spacial score (nSPS) is 14.3. The van der Waals surface area contributed by atoms with Crippen molar-refractivity contribution < 1.29 is 35.5 Å². The number of thioether (sulfide) groups is 1. The lowest BCUT2D eigenvalue weighted by Gasteiger charge is -2.18. The minimum Gasteiger partial charge on any atom is -0.294 e. The molecular weight excluding hydrogens is 576 g/mol. The van der Waals surface area contributed by atoms with E-state index >= 15 is 0 Å². The predicted octanol–water partition coefficient (Wildman–Crippen LogP) is 9.96. The van der Waals surface area contributed by atoms with Gasteiger partial charge in [-0.1, -0.05) is 59.9 Å². The maximum atomic E-state index is 14.8. The topological polar surface area (TPSA) is 17.1 Å². The first-order valence-corrected chi connectivity index (χ1v) is 12.7. The summed E-state index contributed by atoms with van der Waals surface area (Å²) in [7, 11) is 0. The molecule has 0 fully saturated rings. The quantitative estimate of drug-likeness (QED) is 0.163. The highest BCUT2D eigenvalue weighted by Gasteiger charge is 2.39. The van der Waals surface area contributed by atoms with Gasteiger partial charge in [-0.15, -0.1) is 0 Å². The van der Waals surface area contributed by atoms with Crippen molar-refractivity contribution in [3.63, 3.8) is 0 Å². The van der Waals surface area contributed by atoms with Crippen molar-refractivity contribution in [2.24, 2.45) is 5.92 Å². The molecule has 0 saturated heterocycles. The molecule has 1 unspecified atom stereocenters. The van der Waals surface area contributed by atoms with Crippen LogP contribution in [0.5, 0.6) is 0 Å². The Morgan fingerprint density at radius 3 is 2.11 bits per heavy atom. The maximum Gasteiger partial charge on any atom is 0.399 e. The molecule has 0 amide bonds. The second-order valence-electron chi connectivity index (χ2n) is 8.23. The fourth-order valence-electron chi connectivity index (χ4n) is 3.44. The van der Waals surface area contributed by atoms with Crippen LogP contribution in [0.25, 0.3) is 6.08 Å². The molecule has 36 heavy (non-hydrogen) atoms. The number of aryl methyl sites for hydroxylation is 1. The van der Waals surface area contributed by atoms with E-state index < -0.39 is 41.5 Å². The molecule has 0 aromatic heterocycles. The molecule has 0 aliphatic rings. The lowest BCUT2D eigenvalue weighted by molar-refractivity contribution is -0.139. The van der Waals surface area contributed by atoms with Gasteiger partial charge in [0.2, 0.25) is 0 Å². The Hall–Kier alpha value is -1.42. The summed E-state index contributed by atoms with van der Waals surface area (Å²) in [6.45, 7) is 3.01. The van der Waals surface area contributed by atoms with Crippen LogP contribution in [0.3, 0.4) is 0 Å². The third-order valence-electron chi connectivity index (χ3n) is 4.99. The molecule has 0 aliphatic carbocycles. The van der Waals surface area contributed by atoms with Gasteiger partial charge in [0.1, 0.15) is 5.82 Å². The summed E-state index contributed by atoms with van der Waals surface area (Å²) < 4.78 is 92.8. The molecule has 2 rings (SSSR count). The molecule has 0 bridgehead atoms. The van der Waals surface area contributed by atoms with Crippen LogP contribution in [0.15, 0.2) is 30.3 Å². The Labute approximate surface area is 223 Å². The number of carbonyl (C=O) groups is 1. The number of allylic oxidation sites excluding steroid dienone is 1. The van der Waals surface area contributed by atoms with Gasteiger partial charge in [-0.3, -0.25) is 4.79 Å². The van der Waals surface area contributed by atoms with Crippen molar-refractivity contribution in [2.75, 3.05) is 11.5 Å². The summed E-state index contributed by atoms with van der Waals surface area (Å²) in [6.07, 6.45) is -7.34. The Morgan fingerprint density at radius 2 is 1.61 bits per heavy atom. The first-order chi connectivity index (χ1) is 16.5. The molecule has 0 aliphatic heterocycles. The number of hydrogen-bond acceptors (Lipinski definition) is 2. The van der Waals surface area contributed by atoms with Crippen molar-refractivity contribution in [1.82, 2.24) is 0 Å². The van der Waals surface area contributed by atoms with E-state index in [1.54, 1.807) is 6.92 Å². The van der Waals surface area contributed by atoms with Gasteiger partial charge in [-0.25, -0.2) is 4.39 Å². The first-order valence-electron chi connectivity index (χ1n) is 10.4. The van der Waals surface area contributed by atoms with Gasteiger partial charge >= 0.3 is 12.4 Å². The van der Waals surface area contributed by atoms with Gasteiger partial charge in [0.05, 0.1) is 32.3 Å². The molecule has 2 aromatic rings. The number of rotatable bonds is 9. The largest absolute Gasteiger partial charge is 0.399 e. The van der Waals surface area contributed by atoms with Crippen LogP contribution in [0, 0.1) is 18.7 Å². The van der Waals surface area contributed by atoms with E-state index in [2.05, 4.69) is 0 Å². The van der Waals surface area contributed by atoms with Crippen LogP contribution in [-0.2, 0) is 0 Å². The van der Waals surface area contributed by atoms with E-state index in [1.807, 2.05) is 0 Å².